The normalized spacial score (nSPS) is 14.0. The Balaban J connectivity index is 1.63. The third-order valence-corrected chi connectivity index (χ3v) is 8.08. The first-order valence-corrected chi connectivity index (χ1v) is 11.8. The van der Waals surface area contributed by atoms with Gasteiger partial charge >= 0.3 is 0 Å². The number of halogens is 1. The number of nitriles is 1. The maximum absolute atomic E-state index is 13.3. The fourth-order valence-corrected chi connectivity index (χ4v) is 5.98. The summed E-state index contributed by atoms with van der Waals surface area (Å²) in [6.45, 7) is 0.596. The molecule has 1 aliphatic heterocycles. The van der Waals surface area contributed by atoms with Gasteiger partial charge in [0.25, 0.3) is 5.91 Å². The van der Waals surface area contributed by atoms with Crippen molar-refractivity contribution >= 4 is 43.9 Å². The van der Waals surface area contributed by atoms with Crippen molar-refractivity contribution in [1.82, 2.24) is 4.31 Å². The zero-order valence-corrected chi connectivity index (χ0v) is 18.0. The van der Waals surface area contributed by atoms with Gasteiger partial charge in [0.15, 0.2) is 0 Å². The predicted octanol–water partition coefficient (Wildman–Crippen LogP) is 4.27. The highest BCUT2D eigenvalue weighted by Crippen LogP contribution is 2.30. The standard InChI is InChI=1S/C21H16ClN3O3S2/c22-18-6-5-15(20(26)24-21-16(12-23)8-10-29-21)11-19(18)30(27,28)25-9-7-14-3-1-2-4-17(14)13-25/h1-6,8,10-11H,7,9,13H2,(H,24,26). The molecule has 0 spiro atoms. The summed E-state index contributed by atoms with van der Waals surface area (Å²) in [6.07, 6.45) is 0.614. The van der Waals surface area contributed by atoms with E-state index in [9.17, 15) is 13.2 Å². The van der Waals surface area contributed by atoms with Gasteiger partial charge in [0.2, 0.25) is 10.0 Å². The van der Waals surface area contributed by atoms with Gasteiger partial charge in [0.1, 0.15) is 16.0 Å². The lowest BCUT2D eigenvalue weighted by Gasteiger charge is -2.28. The molecule has 0 radical (unpaired) electrons. The SMILES string of the molecule is N#Cc1ccsc1NC(=O)c1ccc(Cl)c(S(=O)(=O)N2CCc3ccccc3C2)c1. The molecule has 2 heterocycles. The fourth-order valence-electron chi connectivity index (χ4n) is 3.33. The van der Waals surface area contributed by atoms with Crippen LogP contribution >= 0.6 is 22.9 Å². The van der Waals surface area contributed by atoms with E-state index < -0.39 is 15.9 Å². The number of carbonyl (C=O) groups excluding carboxylic acids is 1. The van der Waals surface area contributed by atoms with Crippen molar-refractivity contribution in [2.75, 3.05) is 11.9 Å². The molecule has 0 aliphatic carbocycles. The lowest BCUT2D eigenvalue weighted by atomic mass is 10.0. The lowest BCUT2D eigenvalue weighted by molar-refractivity contribution is 0.102. The molecule has 1 N–H and O–H groups in total. The average molecular weight is 458 g/mol. The second-order valence-electron chi connectivity index (χ2n) is 6.73. The van der Waals surface area contributed by atoms with Crippen LogP contribution in [0.15, 0.2) is 58.8 Å². The van der Waals surface area contributed by atoms with Crippen molar-refractivity contribution in [2.24, 2.45) is 0 Å². The molecule has 2 aromatic carbocycles. The molecule has 0 bridgehead atoms. The minimum Gasteiger partial charge on any atom is -0.312 e. The maximum atomic E-state index is 13.3. The molecule has 6 nitrogen and oxygen atoms in total. The highest BCUT2D eigenvalue weighted by molar-refractivity contribution is 7.89. The van der Waals surface area contributed by atoms with Crippen LogP contribution in [0.25, 0.3) is 0 Å². The number of nitrogens with zero attached hydrogens (tertiary/aromatic N) is 2. The van der Waals surface area contributed by atoms with Crippen molar-refractivity contribution in [3.05, 3.63) is 81.2 Å². The van der Waals surface area contributed by atoms with Crippen molar-refractivity contribution in [1.29, 1.82) is 5.26 Å². The van der Waals surface area contributed by atoms with Crippen LogP contribution in [-0.2, 0) is 23.0 Å². The lowest BCUT2D eigenvalue weighted by Crippen LogP contribution is -2.36. The van der Waals surface area contributed by atoms with E-state index in [1.165, 1.54) is 33.8 Å². The third kappa shape index (κ3) is 3.85. The van der Waals surface area contributed by atoms with Gasteiger partial charge in [0.05, 0.1) is 10.6 Å². The van der Waals surface area contributed by atoms with Crippen LogP contribution in [0.2, 0.25) is 5.02 Å². The quantitative estimate of drug-likeness (QED) is 0.633. The zero-order valence-electron chi connectivity index (χ0n) is 15.6. The van der Waals surface area contributed by atoms with E-state index in [1.807, 2.05) is 30.3 Å². The number of rotatable bonds is 4. The Hall–Kier alpha value is -2.70. The Morgan fingerprint density at radius 1 is 1.17 bits per heavy atom. The van der Waals surface area contributed by atoms with Gasteiger partial charge in [0, 0.05) is 18.7 Å². The molecule has 1 amide bonds. The molecule has 3 aromatic rings. The molecule has 0 saturated heterocycles. The Bertz CT molecular complexity index is 1280. The van der Waals surface area contributed by atoms with Gasteiger partial charge in [-0.25, -0.2) is 8.42 Å². The minimum absolute atomic E-state index is 0.0549. The first kappa shape index (κ1) is 20.6. The predicted molar refractivity (Wildman–Crippen MR) is 116 cm³/mol. The Morgan fingerprint density at radius 2 is 1.93 bits per heavy atom. The Kier molecular flexibility index (Phi) is 5.62. The van der Waals surface area contributed by atoms with Crippen molar-refractivity contribution in [3.8, 4) is 6.07 Å². The number of hydrogen-bond donors (Lipinski definition) is 1. The van der Waals surface area contributed by atoms with Gasteiger partial charge < -0.3 is 5.32 Å². The molecule has 0 unspecified atom stereocenters. The Morgan fingerprint density at radius 3 is 2.70 bits per heavy atom. The van der Waals surface area contributed by atoms with E-state index in [4.69, 9.17) is 16.9 Å². The number of hydrogen-bond acceptors (Lipinski definition) is 5. The third-order valence-electron chi connectivity index (χ3n) is 4.92. The molecule has 9 heteroatoms. The number of anilines is 1. The van der Waals surface area contributed by atoms with Gasteiger partial charge in [-0.3, -0.25) is 4.79 Å². The number of fused-ring (bicyclic) bond motifs is 1. The number of sulfonamides is 1. The summed E-state index contributed by atoms with van der Waals surface area (Å²) >= 11 is 7.44. The fraction of sp³-hybridized carbons (Fsp3) is 0.143. The average Bonchev–Trinajstić information content (AvgIpc) is 3.20. The minimum atomic E-state index is -3.89. The summed E-state index contributed by atoms with van der Waals surface area (Å²) in [7, 11) is -3.89. The van der Waals surface area contributed by atoms with E-state index in [1.54, 1.807) is 11.4 Å². The summed E-state index contributed by atoms with van der Waals surface area (Å²) in [5.41, 5.74) is 2.58. The number of benzene rings is 2. The maximum Gasteiger partial charge on any atom is 0.256 e. The molecular weight excluding hydrogens is 442 g/mol. The molecular formula is C21H16ClN3O3S2. The van der Waals surface area contributed by atoms with Gasteiger partial charge in [-0.15, -0.1) is 11.3 Å². The largest absolute Gasteiger partial charge is 0.312 e. The number of nitrogens with one attached hydrogen (secondary N) is 1. The van der Waals surface area contributed by atoms with Crippen LogP contribution in [0.1, 0.15) is 27.0 Å². The van der Waals surface area contributed by atoms with Crippen LogP contribution in [-0.4, -0.2) is 25.2 Å². The zero-order chi connectivity index (χ0) is 21.3. The van der Waals surface area contributed by atoms with E-state index in [0.29, 0.717) is 23.5 Å². The monoisotopic (exact) mass is 457 g/mol. The summed E-state index contributed by atoms with van der Waals surface area (Å²) in [6, 6.07) is 15.5. The highest BCUT2D eigenvalue weighted by Gasteiger charge is 2.30. The summed E-state index contributed by atoms with van der Waals surface area (Å²) in [5, 5.41) is 13.9. The molecule has 0 fully saturated rings. The summed E-state index contributed by atoms with van der Waals surface area (Å²) in [4.78, 5) is 12.5. The first-order valence-electron chi connectivity index (χ1n) is 9.05. The smallest absolute Gasteiger partial charge is 0.256 e. The van der Waals surface area contributed by atoms with E-state index >= 15 is 0 Å². The van der Waals surface area contributed by atoms with E-state index in [0.717, 1.165) is 11.1 Å². The molecule has 4 rings (SSSR count). The van der Waals surface area contributed by atoms with Crippen molar-refractivity contribution in [2.45, 2.75) is 17.9 Å². The molecule has 30 heavy (non-hydrogen) atoms. The van der Waals surface area contributed by atoms with Crippen LogP contribution < -0.4 is 5.32 Å². The van der Waals surface area contributed by atoms with Crippen molar-refractivity contribution in [3.63, 3.8) is 0 Å². The van der Waals surface area contributed by atoms with Gasteiger partial charge in [-0.1, -0.05) is 35.9 Å². The number of amides is 1. The molecule has 1 aliphatic rings. The molecule has 0 atom stereocenters. The van der Waals surface area contributed by atoms with Crippen molar-refractivity contribution < 1.29 is 13.2 Å². The summed E-state index contributed by atoms with van der Waals surface area (Å²) < 4.78 is 27.9. The van der Waals surface area contributed by atoms with E-state index in [-0.39, 0.29) is 22.0 Å². The topological polar surface area (TPSA) is 90.3 Å². The van der Waals surface area contributed by atoms with Crippen LogP contribution in [0.4, 0.5) is 5.00 Å². The molecule has 152 valence electrons. The second-order valence-corrected chi connectivity index (χ2v) is 9.96. The van der Waals surface area contributed by atoms with Crippen LogP contribution in [0.3, 0.4) is 0 Å². The first-order chi connectivity index (χ1) is 14.4. The van der Waals surface area contributed by atoms with Gasteiger partial charge in [-0.2, -0.15) is 9.57 Å². The molecule has 0 saturated carbocycles. The van der Waals surface area contributed by atoms with Crippen LogP contribution in [0.5, 0.6) is 0 Å². The summed E-state index contributed by atoms with van der Waals surface area (Å²) in [5.74, 6) is -0.508. The van der Waals surface area contributed by atoms with Crippen LogP contribution in [0, 0.1) is 11.3 Å². The Labute approximate surface area is 183 Å². The number of thiophene rings is 1. The number of carbonyl (C=O) groups is 1. The van der Waals surface area contributed by atoms with E-state index in [2.05, 4.69) is 5.32 Å². The second kappa shape index (κ2) is 8.20. The molecule has 1 aromatic heterocycles. The highest BCUT2D eigenvalue weighted by atomic mass is 35.5. The van der Waals surface area contributed by atoms with Gasteiger partial charge in [-0.05, 0) is 47.2 Å².